The summed E-state index contributed by atoms with van der Waals surface area (Å²) in [5, 5.41) is 43.7. The van der Waals surface area contributed by atoms with E-state index in [2.05, 4.69) is 0 Å². The van der Waals surface area contributed by atoms with E-state index in [1.54, 1.807) is 0 Å². The summed E-state index contributed by atoms with van der Waals surface area (Å²) in [5.41, 5.74) is 6.28. The SMILES string of the molecule is OC[C@H]1O[C@H](O)[C@H](O)[C@@H](O)[C@@H]1O[C@@H]1O[C@H](COCc2ccccc2)[C@@H](O[C@@H]2O[C@H](COCc3ccccc3)[C@@H](OCc3ccccc3)[C@H](OCc3ccccc3)[C@H]2OCc2ccccc2)[C@H](OCc2ccccc2)[C@H]1OCc1ccccc1. The summed E-state index contributed by atoms with van der Waals surface area (Å²) < 4.78 is 82.6. The number of rotatable bonds is 28. The van der Waals surface area contributed by atoms with E-state index in [1.807, 2.05) is 212 Å². The predicted molar refractivity (Wildman–Crippen MR) is 304 cm³/mol. The Hall–Kier alpha value is -6.10. The molecule has 0 radical (unpaired) electrons. The molecular weight excluding hydrogens is 1060 g/mol. The molecule has 16 nitrogen and oxygen atoms in total. The van der Waals surface area contributed by atoms with Gasteiger partial charge in [-0.15, -0.1) is 0 Å². The van der Waals surface area contributed by atoms with Crippen molar-refractivity contribution in [2.45, 2.75) is 138 Å². The maximum Gasteiger partial charge on any atom is 0.187 e. The third kappa shape index (κ3) is 16.8. The molecule has 0 saturated carbocycles. The Morgan fingerprint density at radius 3 is 0.928 bits per heavy atom. The normalized spacial score (nSPS) is 28.2. The predicted octanol–water partition coefficient (Wildman–Crippen LogP) is 8.00. The Bertz CT molecular complexity index is 2880. The minimum absolute atomic E-state index is 0.0374. The summed E-state index contributed by atoms with van der Waals surface area (Å²) in [6, 6.07) is 68.4. The van der Waals surface area contributed by atoms with Crippen LogP contribution in [0.2, 0.25) is 0 Å². The lowest BCUT2D eigenvalue weighted by molar-refractivity contribution is -0.391. The maximum absolute atomic E-state index is 11.6. The molecule has 3 fully saturated rings. The van der Waals surface area contributed by atoms with Gasteiger partial charge in [0.15, 0.2) is 18.9 Å². The van der Waals surface area contributed by atoms with E-state index < -0.39 is 98.7 Å². The monoisotopic (exact) mass is 1130 g/mol. The molecule has 3 aliphatic rings. The van der Waals surface area contributed by atoms with Crippen molar-refractivity contribution in [2.24, 2.45) is 0 Å². The van der Waals surface area contributed by atoms with Crippen LogP contribution in [0, 0.1) is 0 Å². The van der Waals surface area contributed by atoms with Crippen molar-refractivity contribution in [1.82, 2.24) is 0 Å². The van der Waals surface area contributed by atoms with Crippen molar-refractivity contribution < 1.29 is 77.3 Å². The number of hydrogen-bond donors (Lipinski definition) is 4. The third-order valence-corrected chi connectivity index (χ3v) is 14.8. The van der Waals surface area contributed by atoms with E-state index in [9.17, 15) is 20.4 Å². The molecule has 15 atom stereocenters. The van der Waals surface area contributed by atoms with Crippen molar-refractivity contribution in [3.8, 4) is 0 Å². The van der Waals surface area contributed by atoms with Gasteiger partial charge in [0.2, 0.25) is 0 Å². The van der Waals surface area contributed by atoms with Gasteiger partial charge in [0.05, 0.1) is 66.1 Å². The molecule has 0 aromatic heterocycles. The molecule has 438 valence electrons. The molecule has 3 saturated heterocycles. The first-order valence-electron chi connectivity index (χ1n) is 28.3. The number of hydrogen-bond acceptors (Lipinski definition) is 16. The highest BCUT2D eigenvalue weighted by Gasteiger charge is 2.56. The zero-order valence-corrected chi connectivity index (χ0v) is 46.1. The largest absolute Gasteiger partial charge is 0.394 e. The summed E-state index contributed by atoms with van der Waals surface area (Å²) in [5.74, 6) is 0. The average molecular weight is 1140 g/mol. The highest BCUT2D eigenvalue weighted by Crippen LogP contribution is 2.38. The van der Waals surface area contributed by atoms with Gasteiger partial charge in [-0.1, -0.05) is 212 Å². The highest BCUT2D eigenvalue weighted by atomic mass is 16.8. The van der Waals surface area contributed by atoms with Gasteiger partial charge in [-0.3, -0.25) is 0 Å². The molecular formula is C67H74O16. The summed E-state index contributed by atoms with van der Waals surface area (Å²) in [4.78, 5) is 0. The van der Waals surface area contributed by atoms with Crippen molar-refractivity contribution >= 4 is 0 Å². The summed E-state index contributed by atoms with van der Waals surface area (Å²) in [7, 11) is 0. The first kappa shape index (κ1) is 60.0. The molecule has 83 heavy (non-hydrogen) atoms. The zero-order valence-electron chi connectivity index (χ0n) is 46.1. The summed E-state index contributed by atoms with van der Waals surface area (Å²) in [6.45, 7) is 0.378. The van der Waals surface area contributed by atoms with Crippen LogP contribution >= 0.6 is 0 Å². The van der Waals surface area contributed by atoms with Crippen molar-refractivity contribution in [2.75, 3.05) is 19.8 Å². The number of ether oxygens (including phenoxy) is 12. The van der Waals surface area contributed by atoms with Gasteiger partial charge in [-0.25, -0.2) is 0 Å². The smallest absolute Gasteiger partial charge is 0.187 e. The van der Waals surface area contributed by atoms with Crippen LogP contribution in [-0.4, -0.2) is 132 Å². The van der Waals surface area contributed by atoms with E-state index in [0.717, 1.165) is 38.9 Å². The van der Waals surface area contributed by atoms with Gasteiger partial charge in [-0.2, -0.15) is 0 Å². The molecule has 0 unspecified atom stereocenters. The number of benzene rings is 7. The second kappa shape index (κ2) is 31.2. The molecule has 0 aliphatic carbocycles. The maximum atomic E-state index is 11.6. The van der Waals surface area contributed by atoms with Gasteiger partial charge < -0.3 is 77.3 Å². The van der Waals surface area contributed by atoms with Crippen molar-refractivity contribution in [3.05, 3.63) is 251 Å². The first-order chi connectivity index (χ1) is 40.9. The second-order valence-corrected chi connectivity index (χ2v) is 20.8. The Morgan fingerprint density at radius 2 is 0.578 bits per heavy atom. The van der Waals surface area contributed by atoms with Crippen LogP contribution in [0.4, 0.5) is 0 Å². The Morgan fingerprint density at radius 1 is 0.289 bits per heavy atom. The van der Waals surface area contributed by atoms with Crippen LogP contribution in [0.5, 0.6) is 0 Å². The van der Waals surface area contributed by atoms with Crippen LogP contribution in [0.3, 0.4) is 0 Å². The molecule has 16 heteroatoms. The zero-order chi connectivity index (χ0) is 57.0. The topological polar surface area (TPSA) is 192 Å². The van der Waals surface area contributed by atoms with Crippen LogP contribution in [0.15, 0.2) is 212 Å². The van der Waals surface area contributed by atoms with Crippen molar-refractivity contribution in [1.29, 1.82) is 0 Å². The number of aliphatic hydroxyl groups is 4. The van der Waals surface area contributed by atoms with Gasteiger partial charge in [0.1, 0.15) is 73.2 Å². The minimum Gasteiger partial charge on any atom is -0.394 e. The average Bonchev–Trinajstić information content (AvgIpc) is 3.59. The molecule has 0 spiro atoms. The second-order valence-electron chi connectivity index (χ2n) is 20.8. The molecule has 3 aliphatic heterocycles. The molecule has 0 bridgehead atoms. The molecule has 7 aromatic rings. The Labute approximate surface area is 484 Å². The fourth-order valence-corrected chi connectivity index (χ4v) is 10.5. The van der Waals surface area contributed by atoms with Crippen LogP contribution in [-0.2, 0) is 103 Å². The lowest BCUT2D eigenvalue weighted by atomic mass is 9.95. The van der Waals surface area contributed by atoms with Crippen LogP contribution < -0.4 is 0 Å². The standard InChI is InChI=1S/C67H74O16/c68-36-53-58(56(69)57(70)65(71)79-53)82-66-64(78-43-52-34-20-7-21-35-52)62(76-41-50-30-16-5-17-31-50)60(55(81-66)45-73-38-47-24-10-2-11-25-47)83-67-63(77-42-51-32-18-6-19-33-51)61(75-40-49-28-14-4-15-29-49)59(74-39-48-26-12-3-13-27-48)54(80-67)44-72-37-46-22-8-1-9-23-46/h1-35,53-71H,36-45H2/t53-,54-,55-,56-,57-,58-,59-,60-,61+,62+,63-,64-,65+,66+,67+/m1/s1. The highest BCUT2D eigenvalue weighted by molar-refractivity contribution is 5.19. The van der Waals surface area contributed by atoms with Gasteiger partial charge in [0.25, 0.3) is 0 Å². The quantitative estimate of drug-likeness (QED) is 0.0369. The molecule has 0 amide bonds. The Balaban J connectivity index is 1.07. The first-order valence-corrected chi connectivity index (χ1v) is 28.3. The molecule has 4 N–H and O–H groups in total. The van der Waals surface area contributed by atoms with Crippen LogP contribution in [0.25, 0.3) is 0 Å². The fraction of sp³-hybridized carbons (Fsp3) is 0.373. The van der Waals surface area contributed by atoms with Gasteiger partial charge in [-0.05, 0) is 38.9 Å². The lowest BCUT2D eigenvalue weighted by Gasteiger charge is -2.51. The summed E-state index contributed by atoms with van der Waals surface area (Å²) in [6.07, 6.45) is -18.7. The van der Waals surface area contributed by atoms with E-state index in [-0.39, 0.29) is 59.5 Å². The lowest BCUT2D eigenvalue weighted by Crippen LogP contribution is -2.68. The van der Waals surface area contributed by atoms with E-state index in [0.29, 0.717) is 0 Å². The minimum atomic E-state index is -1.80. The molecule has 3 heterocycles. The summed E-state index contributed by atoms with van der Waals surface area (Å²) >= 11 is 0. The number of aliphatic hydroxyl groups excluding tert-OH is 4. The van der Waals surface area contributed by atoms with Crippen molar-refractivity contribution in [3.63, 3.8) is 0 Å². The van der Waals surface area contributed by atoms with Gasteiger partial charge >= 0.3 is 0 Å². The van der Waals surface area contributed by atoms with E-state index >= 15 is 0 Å². The fourth-order valence-electron chi connectivity index (χ4n) is 10.5. The third-order valence-electron chi connectivity index (χ3n) is 14.8. The van der Waals surface area contributed by atoms with Gasteiger partial charge in [0, 0.05) is 0 Å². The van der Waals surface area contributed by atoms with Crippen LogP contribution in [0.1, 0.15) is 38.9 Å². The van der Waals surface area contributed by atoms with E-state index in [1.165, 1.54) is 0 Å². The Kier molecular flexibility index (Phi) is 22.5. The van der Waals surface area contributed by atoms with E-state index in [4.69, 9.17) is 56.8 Å². The molecule has 10 rings (SSSR count). The molecule has 7 aromatic carbocycles.